The summed E-state index contributed by atoms with van der Waals surface area (Å²) in [6, 6.07) is 0.329. The second-order valence-corrected chi connectivity index (χ2v) is 6.98. The van der Waals surface area contributed by atoms with Crippen molar-refractivity contribution in [2.75, 3.05) is 6.54 Å². The van der Waals surface area contributed by atoms with E-state index in [2.05, 4.69) is 19.2 Å². The van der Waals surface area contributed by atoms with Gasteiger partial charge in [0.15, 0.2) is 0 Å². The van der Waals surface area contributed by atoms with Gasteiger partial charge in [-0.15, -0.1) is 0 Å². The van der Waals surface area contributed by atoms with E-state index in [4.69, 9.17) is 0 Å². The van der Waals surface area contributed by atoms with Gasteiger partial charge in [-0.05, 0) is 37.5 Å². The molecule has 100 valence electrons. The summed E-state index contributed by atoms with van der Waals surface area (Å²) in [6.45, 7) is 6.89. The number of amides is 2. The molecule has 2 saturated carbocycles. The zero-order valence-corrected chi connectivity index (χ0v) is 11.5. The van der Waals surface area contributed by atoms with Crippen LogP contribution in [0.15, 0.2) is 0 Å². The summed E-state index contributed by atoms with van der Waals surface area (Å²) in [6.07, 6.45) is 3.63. The topological polar surface area (TPSA) is 49.4 Å². The number of nitrogens with zero attached hydrogens (tertiary/aromatic N) is 1. The van der Waals surface area contributed by atoms with Gasteiger partial charge in [0.05, 0.1) is 0 Å². The summed E-state index contributed by atoms with van der Waals surface area (Å²) in [5, 5.41) is 2.98. The van der Waals surface area contributed by atoms with Gasteiger partial charge in [0.1, 0.15) is 5.54 Å². The van der Waals surface area contributed by atoms with Crippen LogP contribution in [0.25, 0.3) is 0 Å². The standard InChI is InChI=1S/C14H22N2O2/c1-13(2)8-10(13)16-7-6-11(17)15-14(3,12(16)18)9-4-5-9/h9-10H,4-8H2,1-3H3,(H,15,17). The first-order valence-corrected chi connectivity index (χ1v) is 6.97. The molecule has 2 atom stereocenters. The van der Waals surface area contributed by atoms with Crippen LogP contribution in [0.3, 0.4) is 0 Å². The second-order valence-electron chi connectivity index (χ2n) is 6.98. The van der Waals surface area contributed by atoms with Gasteiger partial charge in [0.25, 0.3) is 0 Å². The molecule has 0 aromatic heterocycles. The first-order valence-electron chi connectivity index (χ1n) is 6.97. The molecule has 0 aromatic rings. The fourth-order valence-corrected chi connectivity index (χ4v) is 3.23. The van der Waals surface area contributed by atoms with Crippen LogP contribution in [0.5, 0.6) is 0 Å². The highest BCUT2D eigenvalue weighted by Crippen LogP contribution is 2.50. The molecule has 1 saturated heterocycles. The van der Waals surface area contributed by atoms with Gasteiger partial charge >= 0.3 is 0 Å². The molecule has 0 aromatic carbocycles. The van der Waals surface area contributed by atoms with E-state index < -0.39 is 5.54 Å². The highest BCUT2D eigenvalue weighted by Gasteiger charge is 2.57. The number of hydrogen-bond acceptors (Lipinski definition) is 2. The van der Waals surface area contributed by atoms with Crippen LogP contribution >= 0.6 is 0 Å². The Morgan fingerprint density at radius 2 is 1.83 bits per heavy atom. The third kappa shape index (κ3) is 1.73. The maximum absolute atomic E-state index is 12.8. The first kappa shape index (κ1) is 12.0. The molecule has 0 bridgehead atoms. The smallest absolute Gasteiger partial charge is 0.248 e. The summed E-state index contributed by atoms with van der Waals surface area (Å²) < 4.78 is 0. The maximum atomic E-state index is 12.8. The van der Waals surface area contributed by atoms with Crippen LogP contribution in [0.1, 0.15) is 46.5 Å². The van der Waals surface area contributed by atoms with Crippen molar-refractivity contribution >= 4 is 11.8 Å². The largest absolute Gasteiger partial charge is 0.342 e. The van der Waals surface area contributed by atoms with Crippen molar-refractivity contribution in [3.8, 4) is 0 Å². The Bertz CT molecular complexity index is 414. The molecule has 3 fully saturated rings. The highest BCUT2D eigenvalue weighted by molar-refractivity contribution is 5.94. The molecule has 3 aliphatic rings. The third-order valence-electron chi connectivity index (χ3n) is 4.92. The number of carbonyl (C=O) groups is 2. The molecule has 1 heterocycles. The monoisotopic (exact) mass is 250 g/mol. The van der Waals surface area contributed by atoms with Gasteiger partial charge in [0, 0.05) is 19.0 Å². The Labute approximate surface area is 108 Å². The number of nitrogens with one attached hydrogen (secondary N) is 1. The lowest BCUT2D eigenvalue weighted by Gasteiger charge is -2.33. The number of hydrogen-bond donors (Lipinski definition) is 1. The van der Waals surface area contributed by atoms with Crippen LogP contribution < -0.4 is 5.32 Å². The fraction of sp³-hybridized carbons (Fsp3) is 0.857. The first-order chi connectivity index (χ1) is 8.34. The second kappa shape index (κ2) is 3.49. The zero-order chi connectivity index (χ0) is 13.1. The molecule has 1 N–H and O–H groups in total. The normalized spacial score (nSPS) is 39.3. The molecule has 1 aliphatic heterocycles. The molecule has 0 spiro atoms. The summed E-state index contributed by atoms with van der Waals surface area (Å²) >= 11 is 0. The van der Waals surface area contributed by atoms with Gasteiger partial charge in [0.2, 0.25) is 11.8 Å². The molecule has 3 rings (SSSR count). The van der Waals surface area contributed by atoms with Gasteiger partial charge in [-0.1, -0.05) is 13.8 Å². The number of rotatable bonds is 2. The van der Waals surface area contributed by atoms with Crippen LogP contribution in [0.2, 0.25) is 0 Å². The summed E-state index contributed by atoms with van der Waals surface area (Å²) in [4.78, 5) is 26.6. The lowest BCUT2D eigenvalue weighted by molar-refractivity contribution is -0.140. The average Bonchev–Trinajstić information content (AvgIpc) is 3.13. The van der Waals surface area contributed by atoms with Crippen LogP contribution in [0.4, 0.5) is 0 Å². The third-order valence-corrected chi connectivity index (χ3v) is 4.92. The lowest BCUT2D eigenvalue weighted by Crippen LogP contribution is -2.57. The summed E-state index contributed by atoms with van der Waals surface area (Å²) in [7, 11) is 0. The Balaban J connectivity index is 1.87. The summed E-state index contributed by atoms with van der Waals surface area (Å²) in [5.74, 6) is 0.515. The fourth-order valence-electron chi connectivity index (χ4n) is 3.23. The minimum Gasteiger partial charge on any atom is -0.342 e. The van der Waals surface area contributed by atoms with Crippen LogP contribution in [-0.4, -0.2) is 34.8 Å². The molecule has 2 unspecified atom stereocenters. The Kier molecular flexibility index (Phi) is 2.32. The van der Waals surface area contributed by atoms with Gasteiger partial charge in [-0.2, -0.15) is 0 Å². The van der Waals surface area contributed by atoms with E-state index in [1.807, 2.05) is 11.8 Å². The quantitative estimate of drug-likeness (QED) is 0.803. The van der Waals surface area contributed by atoms with E-state index in [-0.39, 0.29) is 17.2 Å². The van der Waals surface area contributed by atoms with Gasteiger partial charge in [-0.3, -0.25) is 9.59 Å². The van der Waals surface area contributed by atoms with E-state index in [9.17, 15) is 9.59 Å². The average molecular weight is 250 g/mol. The van der Waals surface area contributed by atoms with Crippen molar-refractivity contribution in [1.82, 2.24) is 10.2 Å². The van der Waals surface area contributed by atoms with E-state index >= 15 is 0 Å². The van der Waals surface area contributed by atoms with Crippen molar-refractivity contribution in [1.29, 1.82) is 0 Å². The molecule has 4 heteroatoms. The molecule has 18 heavy (non-hydrogen) atoms. The van der Waals surface area contributed by atoms with Crippen LogP contribution in [0, 0.1) is 11.3 Å². The Morgan fingerprint density at radius 1 is 1.22 bits per heavy atom. The van der Waals surface area contributed by atoms with Crippen molar-refractivity contribution in [2.24, 2.45) is 11.3 Å². The van der Waals surface area contributed by atoms with Crippen molar-refractivity contribution in [2.45, 2.75) is 58.0 Å². The minimum atomic E-state index is -0.647. The SMILES string of the molecule is CC1(C)CC1N1CCC(=O)NC(C)(C2CC2)C1=O. The molecule has 2 aliphatic carbocycles. The Morgan fingerprint density at radius 3 is 2.33 bits per heavy atom. The predicted molar refractivity (Wildman–Crippen MR) is 67.8 cm³/mol. The van der Waals surface area contributed by atoms with Gasteiger partial charge in [-0.25, -0.2) is 0 Å². The minimum absolute atomic E-state index is 0.0266. The van der Waals surface area contributed by atoms with Gasteiger partial charge < -0.3 is 10.2 Å². The lowest BCUT2D eigenvalue weighted by atomic mass is 9.94. The molecule has 2 amide bonds. The Hall–Kier alpha value is -1.06. The highest BCUT2D eigenvalue weighted by atomic mass is 16.2. The van der Waals surface area contributed by atoms with Crippen molar-refractivity contribution < 1.29 is 9.59 Å². The van der Waals surface area contributed by atoms with E-state index in [0.29, 0.717) is 24.9 Å². The van der Waals surface area contributed by atoms with Crippen molar-refractivity contribution in [3.63, 3.8) is 0 Å². The van der Waals surface area contributed by atoms with Crippen LogP contribution in [-0.2, 0) is 9.59 Å². The van der Waals surface area contributed by atoms with Crippen molar-refractivity contribution in [3.05, 3.63) is 0 Å². The molecular formula is C14H22N2O2. The van der Waals surface area contributed by atoms with E-state index in [1.54, 1.807) is 0 Å². The molecule has 4 nitrogen and oxygen atoms in total. The molecule has 0 radical (unpaired) electrons. The predicted octanol–water partition coefficient (Wildman–Crippen LogP) is 1.30. The van der Waals surface area contributed by atoms with E-state index in [0.717, 1.165) is 19.3 Å². The molecular weight excluding hydrogens is 228 g/mol. The maximum Gasteiger partial charge on any atom is 0.248 e. The number of carbonyl (C=O) groups excluding carboxylic acids is 2. The van der Waals surface area contributed by atoms with E-state index in [1.165, 1.54) is 0 Å². The zero-order valence-electron chi connectivity index (χ0n) is 11.5. The summed E-state index contributed by atoms with van der Waals surface area (Å²) in [5.41, 5.74) is -0.417.